The molecule has 7 heteroatoms. The molecule has 3 N–H and O–H groups in total. The van der Waals surface area contributed by atoms with Crippen LogP contribution in [0.25, 0.3) is 0 Å². The molecular formula is C18H29ClN2O3S. The lowest BCUT2D eigenvalue weighted by Crippen LogP contribution is -2.49. The number of carbonyl (C=O) groups is 1. The highest BCUT2D eigenvalue weighted by Gasteiger charge is 2.23. The van der Waals surface area contributed by atoms with Crippen molar-refractivity contribution >= 4 is 28.2 Å². The van der Waals surface area contributed by atoms with Crippen LogP contribution in [0.5, 0.6) is 0 Å². The first-order valence-electron chi connectivity index (χ1n) is 8.70. The minimum absolute atomic E-state index is 0. The van der Waals surface area contributed by atoms with E-state index in [1.807, 2.05) is 19.9 Å². The summed E-state index contributed by atoms with van der Waals surface area (Å²) in [6.07, 6.45) is 4.52. The van der Waals surface area contributed by atoms with Gasteiger partial charge in [-0.2, -0.15) is 0 Å². The molecule has 1 aliphatic rings. The number of halogens is 1. The van der Waals surface area contributed by atoms with Gasteiger partial charge in [-0.25, -0.2) is 8.42 Å². The van der Waals surface area contributed by atoms with Crippen molar-refractivity contribution < 1.29 is 13.2 Å². The standard InChI is InChI=1S/C18H28N2O3S.ClH/c1-3-18(19,4-2)13-20-17(21)10-11-24(22,23)16-9-8-14-6-5-7-15(14)12-16;/h8-9,12H,3-7,10-11,13,19H2,1-2H3,(H,20,21);1H. The van der Waals surface area contributed by atoms with Gasteiger partial charge in [-0.05, 0) is 55.4 Å². The summed E-state index contributed by atoms with van der Waals surface area (Å²) in [6.45, 7) is 4.33. The highest BCUT2D eigenvalue weighted by atomic mass is 35.5. The number of hydrogen-bond acceptors (Lipinski definition) is 4. The molecular weight excluding hydrogens is 360 g/mol. The third-order valence-electron chi connectivity index (χ3n) is 5.07. The summed E-state index contributed by atoms with van der Waals surface area (Å²) in [5.41, 5.74) is 8.08. The van der Waals surface area contributed by atoms with Gasteiger partial charge in [0, 0.05) is 18.5 Å². The zero-order valence-electron chi connectivity index (χ0n) is 15.0. The molecule has 0 fully saturated rings. The molecule has 1 amide bonds. The van der Waals surface area contributed by atoms with E-state index in [0.29, 0.717) is 11.4 Å². The number of nitrogens with one attached hydrogen (secondary N) is 1. The van der Waals surface area contributed by atoms with Crippen molar-refractivity contribution in [1.29, 1.82) is 0 Å². The molecule has 1 aromatic carbocycles. The molecule has 5 nitrogen and oxygen atoms in total. The van der Waals surface area contributed by atoms with Gasteiger partial charge < -0.3 is 11.1 Å². The van der Waals surface area contributed by atoms with Crippen LogP contribution < -0.4 is 11.1 Å². The summed E-state index contributed by atoms with van der Waals surface area (Å²) in [5, 5.41) is 2.76. The van der Waals surface area contributed by atoms with Crippen LogP contribution in [0.1, 0.15) is 50.7 Å². The largest absolute Gasteiger partial charge is 0.354 e. The maximum absolute atomic E-state index is 12.4. The molecule has 0 aliphatic heterocycles. The average molecular weight is 389 g/mol. The summed E-state index contributed by atoms with van der Waals surface area (Å²) in [5.74, 6) is -0.440. The minimum Gasteiger partial charge on any atom is -0.354 e. The van der Waals surface area contributed by atoms with Crippen LogP contribution in [0.3, 0.4) is 0 Å². The van der Waals surface area contributed by atoms with Gasteiger partial charge in [-0.3, -0.25) is 4.79 Å². The monoisotopic (exact) mass is 388 g/mol. The third-order valence-corrected chi connectivity index (χ3v) is 6.79. The van der Waals surface area contributed by atoms with Crippen molar-refractivity contribution in [1.82, 2.24) is 5.32 Å². The Morgan fingerprint density at radius 1 is 1.20 bits per heavy atom. The SMILES string of the molecule is CCC(N)(CC)CNC(=O)CCS(=O)(=O)c1ccc2c(c1)CCC2.Cl. The quantitative estimate of drug-likeness (QED) is 0.715. The van der Waals surface area contributed by atoms with Gasteiger partial charge in [0.15, 0.2) is 9.84 Å². The second kappa shape index (κ2) is 9.01. The van der Waals surface area contributed by atoms with E-state index in [2.05, 4.69) is 5.32 Å². The van der Waals surface area contributed by atoms with Gasteiger partial charge in [0.1, 0.15) is 0 Å². The summed E-state index contributed by atoms with van der Waals surface area (Å²) in [7, 11) is -3.43. The van der Waals surface area contributed by atoms with Crippen LogP contribution in [0, 0.1) is 0 Å². The van der Waals surface area contributed by atoms with Crippen molar-refractivity contribution in [2.24, 2.45) is 5.73 Å². The van der Waals surface area contributed by atoms with E-state index in [1.165, 1.54) is 5.56 Å². The number of rotatable bonds is 8. The van der Waals surface area contributed by atoms with Crippen molar-refractivity contribution in [3.8, 4) is 0 Å². The number of benzene rings is 1. The molecule has 0 unspecified atom stereocenters. The van der Waals surface area contributed by atoms with Crippen LogP contribution in [0.15, 0.2) is 23.1 Å². The summed E-state index contributed by atoms with van der Waals surface area (Å²) < 4.78 is 24.9. The van der Waals surface area contributed by atoms with Crippen LogP contribution in [0.2, 0.25) is 0 Å². The Labute approximate surface area is 157 Å². The number of sulfone groups is 1. The van der Waals surface area contributed by atoms with E-state index in [4.69, 9.17) is 5.73 Å². The Morgan fingerprint density at radius 3 is 2.48 bits per heavy atom. The van der Waals surface area contributed by atoms with E-state index in [-0.39, 0.29) is 30.5 Å². The predicted octanol–water partition coefficient (Wildman–Crippen LogP) is 2.39. The van der Waals surface area contributed by atoms with Crippen molar-refractivity contribution in [3.63, 3.8) is 0 Å². The molecule has 0 saturated heterocycles. The molecule has 0 aromatic heterocycles. The van der Waals surface area contributed by atoms with E-state index in [0.717, 1.165) is 37.7 Å². The Morgan fingerprint density at radius 2 is 1.84 bits per heavy atom. The van der Waals surface area contributed by atoms with Crippen molar-refractivity contribution in [2.45, 2.75) is 62.8 Å². The minimum atomic E-state index is -3.43. The molecule has 1 aromatic rings. The molecule has 0 heterocycles. The van der Waals surface area contributed by atoms with Gasteiger partial charge in [0.2, 0.25) is 5.91 Å². The van der Waals surface area contributed by atoms with Crippen molar-refractivity contribution in [3.05, 3.63) is 29.3 Å². The molecule has 0 spiro atoms. The smallest absolute Gasteiger partial charge is 0.221 e. The first kappa shape index (κ1) is 21.9. The molecule has 0 atom stereocenters. The fraction of sp³-hybridized carbons (Fsp3) is 0.611. The Balaban J connectivity index is 0.00000312. The van der Waals surface area contributed by atoms with E-state index in [1.54, 1.807) is 12.1 Å². The summed E-state index contributed by atoms with van der Waals surface area (Å²) in [4.78, 5) is 12.3. The molecule has 142 valence electrons. The number of nitrogens with two attached hydrogens (primary N) is 1. The lowest BCUT2D eigenvalue weighted by atomic mass is 9.94. The van der Waals surface area contributed by atoms with E-state index in [9.17, 15) is 13.2 Å². The van der Waals surface area contributed by atoms with Gasteiger partial charge >= 0.3 is 0 Å². The molecule has 2 rings (SSSR count). The van der Waals surface area contributed by atoms with Crippen molar-refractivity contribution in [2.75, 3.05) is 12.3 Å². The van der Waals surface area contributed by atoms with Crippen LogP contribution in [-0.2, 0) is 27.5 Å². The average Bonchev–Trinajstić information content (AvgIpc) is 3.05. The Hall–Kier alpha value is -1.11. The maximum atomic E-state index is 12.4. The van der Waals surface area contributed by atoms with Crippen LogP contribution in [-0.4, -0.2) is 32.2 Å². The first-order chi connectivity index (χ1) is 11.3. The van der Waals surface area contributed by atoms with Gasteiger partial charge in [-0.1, -0.05) is 19.9 Å². The summed E-state index contributed by atoms with van der Waals surface area (Å²) >= 11 is 0. The highest BCUT2D eigenvalue weighted by Crippen LogP contribution is 2.25. The fourth-order valence-electron chi connectivity index (χ4n) is 2.95. The first-order valence-corrected chi connectivity index (χ1v) is 10.3. The Kier molecular flexibility index (Phi) is 7.90. The molecule has 1 aliphatic carbocycles. The Bertz CT molecular complexity index is 700. The zero-order valence-corrected chi connectivity index (χ0v) is 16.6. The fourth-order valence-corrected chi connectivity index (χ4v) is 4.24. The van der Waals surface area contributed by atoms with E-state index >= 15 is 0 Å². The maximum Gasteiger partial charge on any atom is 0.221 e. The number of carbonyl (C=O) groups excluding carboxylic acids is 1. The molecule has 0 radical (unpaired) electrons. The second-order valence-corrected chi connectivity index (χ2v) is 8.81. The topological polar surface area (TPSA) is 89.3 Å². The molecule has 0 saturated carbocycles. The predicted molar refractivity (Wildman–Crippen MR) is 103 cm³/mol. The lowest BCUT2D eigenvalue weighted by Gasteiger charge is -2.26. The number of fused-ring (bicyclic) bond motifs is 1. The normalized spacial score (nSPS) is 13.9. The zero-order chi connectivity index (χ0) is 17.8. The van der Waals surface area contributed by atoms with Crippen LogP contribution in [0.4, 0.5) is 0 Å². The number of aryl methyl sites for hydroxylation is 2. The van der Waals surface area contributed by atoms with Gasteiger partial charge in [0.25, 0.3) is 0 Å². The van der Waals surface area contributed by atoms with Gasteiger partial charge in [0.05, 0.1) is 10.6 Å². The lowest BCUT2D eigenvalue weighted by molar-refractivity contribution is -0.121. The molecule has 25 heavy (non-hydrogen) atoms. The number of hydrogen-bond donors (Lipinski definition) is 2. The van der Waals surface area contributed by atoms with Crippen LogP contribution >= 0.6 is 12.4 Å². The second-order valence-electron chi connectivity index (χ2n) is 6.70. The third kappa shape index (κ3) is 5.69. The van der Waals surface area contributed by atoms with Gasteiger partial charge in [-0.15, -0.1) is 12.4 Å². The highest BCUT2D eigenvalue weighted by molar-refractivity contribution is 7.91. The summed E-state index contributed by atoms with van der Waals surface area (Å²) in [6, 6.07) is 5.34. The van der Waals surface area contributed by atoms with E-state index < -0.39 is 15.4 Å². The molecule has 0 bridgehead atoms. The number of amides is 1.